The third kappa shape index (κ3) is 3.89. The smallest absolute Gasteiger partial charge is 0.247 e. The molecule has 2 fully saturated rings. The number of carbonyl (C=O) groups is 1. The summed E-state index contributed by atoms with van der Waals surface area (Å²) in [4.78, 5) is 23.2. The molecule has 5 rings (SSSR count). The van der Waals surface area contributed by atoms with Crippen molar-refractivity contribution in [3.8, 4) is 11.8 Å². The summed E-state index contributed by atoms with van der Waals surface area (Å²) in [5, 5.41) is 6.43. The van der Waals surface area contributed by atoms with Crippen LogP contribution in [0, 0.1) is 17.7 Å². The monoisotopic (exact) mass is 475 g/mol. The van der Waals surface area contributed by atoms with Crippen LogP contribution >= 0.6 is 11.6 Å². The molecule has 0 saturated carbocycles. The van der Waals surface area contributed by atoms with Crippen LogP contribution in [0.1, 0.15) is 31.2 Å². The molecular weight excluding hydrogens is 453 g/mol. The molecule has 2 aliphatic heterocycles. The van der Waals surface area contributed by atoms with Gasteiger partial charge >= 0.3 is 0 Å². The van der Waals surface area contributed by atoms with Crippen molar-refractivity contribution in [3.63, 3.8) is 0 Å². The predicted molar refractivity (Wildman–Crippen MR) is 133 cm³/mol. The van der Waals surface area contributed by atoms with E-state index in [2.05, 4.69) is 51.0 Å². The Balaban J connectivity index is 1.59. The fraction of sp³-hybridized carbons (Fsp3) is 0.269. The first-order valence-electron chi connectivity index (χ1n) is 11.1. The number of hydrogen-bond acceptors (Lipinski definition) is 5. The maximum Gasteiger partial charge on any atom is 0.247 e. The summed E-state index contributed by atoms with van der Waals surface area (Å²) in [5.74, 6) is 6.26. The first-order valence-corrected chi connectivity index (χ1v) is 11.5. The maximum absolute atomic E-state index is 14.5. The van der Waals surface area contributed by atoms with Gasteiger partial charge in [0.05, 0.1) is 33.0 Å². The maximum atomic E-state index is 14.5. The van der Waals surface area contributed by atoms with Gasteiger partial charge in [-0.1, -0.05) is 36.1 Å². The summed E-state index contributed by atoms with van der Waals surface area (Å²) in [6.45, 7) is 3.54. The number of halogens is 2. The normalized spacial score (nSPS) is 21.2. The predicted octanol–water partition coefficient (Wildman–Crippen LogP) is 5.27. The zero-order valence-electron chi connectivity index (χ0n) is 18.7. The number of amides is 1. The second kappa shape index (κ2) is 8.71. The van der Waals surface area contributed by atoms with Crippen molar-refractivity contribution in [1.29, 1.82) is 0 Å². The largest absolute Gasteiger partial charge is 0.337 e. The van der Waals surface area contributed by atoms with Crippen LogP contribution in [0.5, 0.6) is 0 Å². The van der Waals surface area contributed by atoms with Gasteiger partial charge in [-0.15, -0.1) is 0 Å². The Morgan fingerprint density at radius 1 is 1.29 bits per heavy atom. The van der Waals surface area contributed by atoms with Crippen LogP contribution < -0.4 is 10.6 Å². The zero-order chi connectivity index (χ0) is 23.9. The summed E-state index contributed by atoms with van der Waals surface area (Å²) in [6, 6.07) is 8.86. The van der Waals surface area contributed by atoms with Gasteiger partial charge in [-0.3, -0.25) is 9.69 Å². The second-order valence-electron chi connectivity index (χ2n) is 8.68. The minimum absolute atomic E-state index is 0.00488. The van der Waals surface area contributed by atoms with Crippen molar-refractivity contribution < 1.29 is 9.18 Å². The summed E-state index contributed by atoms with van der Waals surface area (Å²) >= 11 is 5.92. The van der Waals surface area contributed by atoms with Crippen molar-refractivity contribution in [1.82, 2.24) is 14.9 Å². The molecule has 8 heteroatoms. The minimum atomic E-state index is -0.576. The Kier molecular flexibility index (Phi) is 5.72. The Bertz CT molecular complexity index is 1370. The number of rotatable bonds is 4. The molecule has 0 spiro atoms. The lowest BCUT2D eigenvalue weighted by Crippen LogP contribution is -2.36. The number of nitrogens with one attached hydrogen (secondary N) is 2. The van der Waals surface area contributed by atoms with E-state index in [1.165, 1.54) is 18.5 Å². The van der Waals surface area contributed by atoms with Crippen LogP contribution in [0.2, 0.25) is 5.02 Å². The van der Waals surface area contributed by atoms with Gasteiger partial charge in [-0.05, 0) is 63.1 Å². The van der Waals surface area contributed by atoms with Gasteiger partial charge in [0.1, 0.15) is 12.1 Å². The highest BCUT2D eigenvalue weighted by Gasteiger charge is 2.48. The molecule has 3 heterocycles. The third-order valence-corrected chi connectivity index (χ3v) is 7.15. The standard InChI is InChI=1S/C26H23ClFN5O/c1-3-23(34)31-21-14-18-22(13-16(21)7-10-26-11-8-17(9-12-26)33(26)2)29-15-30-25(18)32-20-6-4-5-19(27)24(20)28/h3-6,13-15,17H,1,8-9,11-12H2,2H3,(H,31,34)(H,29,30,32). The van der Waals surface area contributed by atoms with E-state index in [0.717, 1.165) is 25.7 Å². The van der Waals surface area contributed by atoms with E-state index in [1.807, 2.05) is 6.07 Å². The van der Waals surface area contributed by atoms with E-state index in [9.17, 15) is 9.18 Å². The topological polar surface area (TPSA) is 70.1 Å². The molecule has 3 aromatic rings. The lowest BCUT2D eigenvalue weighted by molar-refractivity contribution is -0.111. The molecule has 2 bridgehead atoms. The van der Waals surface area contributed by atoms with Gasteiger partial charge in [0.25, 0.3) is 0 Å². The number of carbonyl (C=O) groups excluding carboxylic acids is 1. The summed E-state index contributed by atoms with van der Waals surface area (Å²) in [6.07, 6.45) is 7.01. The Labute approximate surface area is 202 Å². The molecule has 6 nitrogen and oxygen atoms in total. The number of benzene rings is 2. The number of nitrogens with zero attached hydrogens (tertiary/aromatic N) is 3. The van der Waals surface area contributed by atoms with Gasteiger partial charge in [0, 0.05) is 11.4 Å². The van der Waals surface area contributed by atoms with E-state index in [1.54, 1.807) is 18.2 Å². The fourth-order valence-electron chi connectivity index (χ4n) is 4.89. The lowest BCUT2D eigenvalue weighted by atomic mass is 9.88. The highest BCUT2D eigenvalue weighted by Crippen LogP contribution is 2.44. The summed E-state index contributed by atoms with van der Waals surface area (Å²) < 4.78 is 14.5. The number of anilines is 3. The molecule has 0 radical (unpaired) electrons. The average Bonchev–Trinajstić information content (AvgIpc) is 3.32. The van der Waals surface area contributed by atoms with Gasteiger partial charge in [-0.25, -0.2) is 14.4 Å². The van der Waals surface area contributed by atoms with E-state index >= 15 is 0 Å². The minimum Gasteiger partial charge on any atom is -0.337 e. The lowest BCUT2D eigenvalue weighted by Gasteiger charge is -2.25. The highest BCUT2D eigenvalue weighted by molar-refractivity contribution is 6.31. The van der Waals surface area contributed by atoms with Crippen molar-refractivity contribution in [2.75, 3.05) is 17.7 Å². The molecule has 2 aromatic carbocycles. The van der Waals surface area contributed by atoms with Crippen molar-refractivity contribution in [2.24, 2.45) is 0 Å². The molecule has 0 aliphatic carbocycles. The SMILES string of the molecule is C=CC(=O)Nc1cc2c(Nc3cccc(Cl)c3F)ncnc2cc1C#CC12CCC(CC1)N2C. The van der Waals surface area contributed by atoms with Crippen LogP contribution in [-0.4, -0.2) is 39.4 Å². The van der Waals surface area contributed by atoms with Crippen molar-refractivity contribution >= 4 is 45.6 Å². The molecular formula is C26H23ClFN5O. The van der Waals surface area contributed by atoms with Crippen LogP contribution in [0.4, 0.5) is 21.6 Å². The van der Waals surface area contributed by atoms with Gasteiger partial charge in [0.2, 0.25) is 5.91 Å². The van der Waals surface area contributed by atoms with Crippen LogP contribution in [0.25, 0.3) is 10.9 Å². The summed E-state index contributed by atoms with van der Waals surface area (Å²) in [7, 11) is 2.14. The molecule has 1 amide bonds. The first kappa shape index (κ1) is 22.3. The van der Waals surface area contributed by atoms with Crippen LogP contribution in [0.3, 0.4) is 0 Å². The third-order valence-electron chi connectivity index (χ3n) is 6.86. The van der Waals surface area contributed by atoms with E-state index in [4.69, 9.17) is 11.6 Å². The fourth-order valence-corrected chi connectivity index (χ4v) is 5.06. The second-order valence-corrected chi connectivity index (χ2v) is 9.09. The van der Waals surface area contributed by atoms with E-state index in [-0.39, 0.29) is 22.2 Å². The zero-order valence-corrected chi connectivity index (χ0v) is 19.4. The van der Waals surface area contributed by atoms with Crippen LogP contribution in [-0.2, 0) is 4.79 Å². The molecule has 34 heavy (non-hydrogen) atoms. The Morgan fingerprint density at radius 3 is 2.79 bits per heavy atom. The Morgan fingerprint density at radius 2 is 2.09 bits per heavy atom. The van der Waals surface area contributed by atoms with Gasteiger partial charge in [-0.2, -0.15) is 0 Å². The van der Waals surface area contributed by atoms with Crippen LogP contribution in [0.15, 0.2) is 49.3 Å². The molecule has 0 unspecified atom stereocenters. The first-order chi connectivity index (χ1) is 16.4. The molecule has 1 aromatic heterocycles. The molecule has 2 N–H and O–H groups in total. The van der Waals surface area contributed by atoms with E-state index < -0.39 is 5.82 Å². The quantitative estimate of drug-likeness (QED) is 0.397. The molecule has 2 aliphatic rings. The number of hydrogen-bond donors (Lipinski definition) is 2. The van der Waals surface area contributed by atoms with E-state index in [0.29, 0.717) is 34.0 Å². The highest BCUT2D eigenvalue weighted by atomic mass is 35.5. The molecule has 0 atom stereocenters. The van der Waals surface area contributed by atoms with Crippen molar-refractivity contribution in [2.45, 2.75) is 37.3 Å². The number of fused-ring (bicyclic) bond motifs is 3. The van der Waals surface area contributed by atoms with Gasteiger partial charge < -0.3 is 10.6 Å². The molecule has 172 valence electrons. The van der Waals surface area contributed by atoms with Crippen molar-refractivity contribution in [3.05, 3.63) is 65.7 Å². The number of aromatic nitrogens is 2. The van der Waals surface area contributed by atoms with Gasteiger partial charge in [0.15, 0.2) is 5.82 Å². The Hall–Kier alpha value is -3.47. The average molecular weight is 476 g/mol. The summed E-state index contributed by atoms with van der Waals surface area (Å²) in [5.41, 5.74) is 1.84. The molecule has 2 saturated heterocycles.